The molecule has 0 saturated heterocycles. The number of aromatic amines is 1. The van der Waals surface area contributed by atoms with Gasteiger partial charge in [0.25, 0.3) is 5.56 Å². The predicted molar refractivity (Wildman–Crippen MR) is 63.5 cm³/mol. The van der Waals surface area contributed by atoms with E-state index in [2.05, 4.69) is 20.6 Å². The van der Waals surface area contributed by atoms with Gasteiger partial charge in [-0.1, -0.05) is 0 Å². The molecule has 0 aromatic carbocycles. The highest BCUT2D eigenvalue weighted by Gasteiger charge is 2.28. The van der Waals surface area contributed by atoms with E-state index in [9.17, 15) is 9.59 Å². The summed E-state index contributed by atoms with van der Waals surface area (Å²) >= 11 is 0. The molecule has 0 spiro atoms. The lowest BCUT2D eigenvalue weighted by atomic mass is 10.4. The van der Waals surface area contributed by atoms with Gasteiger partial charge in [0, 0.05) is 19.0 Å². The van der Waals surface area contributed by atoms with Crippen molar-refractivity contribution in [3.05, 3.63) is 16.7 Å². The fourth-order valence-corrected chi connectivity index (χ4v) is 1.41. The smallest absolute Gasteiger partial charge is 0.276 e. The van der Waals surface area contributed by atoms with Crippen LogP contribution >= 0.6 is 0 Å². The van der Waals surface area contributed by atoms with Crippen molar-refractivity contribution in [2.45, 2.75) is 12.8 Å². The number of H-pyrrole nitrogens is 1. The summed E-state index contributed by atoms with van der Waals surface area (Å²) in [5.41, 5.74) is 5.21. The maximum Gasteiger partial charge on any atom is 0.276 e. The number of aromatic nitrogens is 2. The standard InChI is InChI=1S/C10H15N5O2/c11-7-8(14-5-15-10(7)17)12-3-4-13-9(16)6-1-2-6/h5-6H,1-4,11H2,(H,13,16)(H2,12,14,15,17). The van der Waals surface area contributed by atoms with Crippen LogP contribution in [0.15, 0.2) is 11.1 Å². The van der Waals surface area contributed by atoms with E-state index in [0.717, 1.165) is 12.8 Å². The monoisotopic (exact) mass is 237 g/mol. The van der Waals surface area contributed by atoms with Crippen LogP contribution in [0.5, 0.6) is 0 Å². The van der Waals surface area contributed by atoms with E-state index in [-0.39, 0.29) is 23.1 Å². The zero-order chi connectivity index (χ0) is 12.3. The molecular formula is C10H15N5O2. The van der Waals surface area contributed by atoms with Gasteiger partial charge < -0.3 is 21.4 Å². The average molecular weight is 237 g/mol. The highest BCUT2D eigenvalue weighted by atomic mass is 16.2. The van der Waals surface area contributed by atoms with Crippen molar-refractivity contribution in [3.8, 4) is 0 Å². The topological polar surface area (TPSA) is 113 Å². The summed E-state index contributed by atoms with van der Waals surface area (Å²) < 4.78 is 0. The van der Waals surface area contributed by atoms with Crippen LogP contribution in [0.4, 0.5) is 11.5 Å². The van der Waals surface area contributed by atoms with E-state index in [0.29, 0.717) is 18.9 Å². The maximum absolute atomic E-state index is 11.3. The molecule has 0 bridgehead atoms. The van der Waals surface area contributed by atoms with Crippen LogP contribution < -0.4 is 21.9 Å². The summed E-state index contributed by atoms with van der Waals surface area (Å²) in [6.07, 6.45) is 3.26. The Bertz CT molecular complexity index is 466. The number of hydrogen-bond donors (Lipinski definition) is 4. The number of nitrogens with one attached hydrogen (secondary N) is 3. The van der Waals surface area contributed by atoms with Gasteiger partial charge in [0.15, 0.2) is 5.82 Å². The molecule has 1 saturated carbocycles. The normalized spacial score (nSPS) is 14.4. The molecule has 1 heterocycles. The lowest BCUT2D eigenvalue weighted by Crippen LogP contribution is -2.30. The first kappa shape index (κ1) is 11.4. The van der Waals surface area contributed by atoms with Gasteiger partial charge in [-0.15, -0.1) is 0 Å². The number of amides is 1. The van der Waals surface area contributed by atoms with E-state index in [4.69, 9.17) is 5.73 Å². The molecule has 0 radical (unpaired) electrons. The Morgan fingerprint density at radius 1 is 1.53 bits per heavy atom. The third-order valence-corrected chi connectivity index (χ3v) is 2.55. The Kier molecular flexibility index (Phi) is 3.27. The lowest BCUT2D eigenvalue weighted by Gasteiger charge is -2.07. The van der Waals surface area contributed by atoms with E-state index >= 15 is 0 Å². The number of nitrogens with zero attached hydrogens (tertiary/aromatic N) is 1. The first-order valence-electron chi connectivity index (χ1n) is 5.53. The lowest BCUT2D eigenvalue weighted by molar-refractivity contribution is -0.122. The number of nitrogen functional groups attached to an aromatic ring is 1. The average Bonchev–Trinajstić information content (AvgIpc) is 3.13. The van der Waals surface area contributed by atoms with Gasteiger partial charge in [0.1, 0.15) is 5.69 Å². The minimum Gasteiger partial charge on any atom is -0.391 e. The number of rotatable bonds is 5. The summed E-state index contributed by atoms with van der Waals surface area (Å²) in [6.45, 7) is 0.975. The van der Waals surface area contributed by atoms with Gasteiger partial charge in [0.05, 0.1) is 6.33 Å². The van der Waals surface area contributed by atoms with Crippen molar-refractivity contribution < 1.29 is 4.79 Å². The van der Waals surface area contributed by atoms with Crippen LogP contribution in [0.2, 0.25) is 0 Å². The summed E-state index contributed by atoms with van der Waals surface area (Å²) in [5.74, 6) is 0.644. The highest BCUT2D eigenvalue weighted by Crippen LogP contribution is 2.28. The van der Waals surface area contributed by atoms with Crippen LogP contribution in [0, 0.1) is 5.92 Å². The Balaban J connectivity index is 1.76. The molecule has 0 aliphatic heterocycles. The van der Waals surface area contributed by atoms with Crippen molar-refractivity contribution in [3.63, 3.8) is 0 Å². The Morgan fingerprint density at radius 2 is 2.29 bits per heavy atom. The molecule has 1 aromatic rings. The number of nitrogens with two attached hydrogens (primary N) is 1. The van der Waals surface area contributed by atoms with E-state index in [1.165, 1.54) is 6.33 Å². The van der Waals surface area contributed by atoms with E-state index in [1.807, 2.05) is 0 Å². The highest BCUT2D eigenvalue weighted by molar-refractivity contribution is 5.80. The second-order valence-corrected chi connectivity index (χ2v) is 3.99. The molecule has 1 amide bonds. The quantitative estimate of drug-likeness (QED) is 0.505. The molecule has 5 N–H and O–H groups in total. The minimum absolute atomic E-state index is 0.0565. The van der Waals surface area contributed by atoms with Crippen LogP contribution in [0.25, 0.3) is 0 Å². The minimum atomic E-state index is -0.371. The second-order valence-electron chi connectivity index (χ2n) is 3.99. The SMILES string of the molecule is Nc1c(NCCNC(=O)C2CC2)nc[nH]c1=O. The Labute approximate surface area is 97.8 Å². The van der Waals surface area contributed by atoms with Crippen LogP contribution in [-0.4, -0.2) is 29.0 Å². The largest absolute Gasteiger partial charge is 0.391 e. The molecule has 1 aliphatic rings. The zero-order valence-electron chi connectivity index (χ0n) is 9.32. The fraction of sp³-hybridized carbons (Fsp3) is 0.500. The van der Waals surface area contributed by atoms with E-state index < -0.39 is 0 Å². The summed E-state index contributed by atoms with van der Waals surface area (Å²) in [6, 6.07) is 0. The van der Waals surface area contributed by atoms with Gasteiger partial charge >= 0.3 is 0 Å². The molecule has 7 heteroatoms. The third kappa shape index (κ3) is 2.96. The van der Waals surface area contributed by atoms with Crippen LogP contribution in [0.3, 0.4) is 0 Å². The summed E-state index contributed by atoms with van der Waals surface area (Å²) in [7, 11) is 0. The van der Waals surface area contributed by atoms with Crippen molar-refractivity contribution in [1.29, 1.82) is 0 Å². The molecule has 7 nitrogen and oxygen atoms in total. The number of carbonyl (C=O) groups excluding carboxylic acids is 1. The van der Waals surface area contributed by atoms with Crippen molar-refractivity contribution in [1.82, 2.24) is 15.3 Å². The number of hydrogen-bond acceptors (Lipinski definition) is 5. The molecular weight excluding hydrogens is 222 g/mol. The van der Waals surface area contributed by atoms with Gasteiger partial charge in [-0.3, -0.25) is 9.59 Å². The molecule has 1 fully saturated rings. The van der Waals surface area contributed by atoms with Gasteiger partial charge in [-0.25, -0.2) is 4.98 Å². The first-order chi connectivity index (χ1) is 8.18. The first-order valence-corrected chi connectivity index (χ1v) is 5.53. The molecule has 1 aliphatic carbocycles. The van der Waals surface area contributed by atoms with Gasteiger partial charge in [0.2, 0.25) is 5.91 Å². The third-order valence-electron chi connectivity index (χ3n) is 2.55. The molecule has 1 aromatic heterocycles. The molecule has 17 heavy (non-hydrogen) atoms. The van der Waals surface area contributed by atoms with Crippen molar-refractivity contribution >= 4 is 17.4 Å². The fourth-order valence-electron chi connectivity index (χ4n) is 1.41. The van der Waals surface area contributed by atoms with Crippen molar-refractivity contribution in [2.75, 3.05) is 24.1 Å². The molecule has 0 atom stereocenters. The zero-order valence-corrected chi connectivity index (χ0v) is 9.32. The summed E-state index contributed by atoms with van der Waals surface area (Å²) in [4.78, 5) is 28.7. The van der Waals surface area contributed by atoms with E-state index in [1.54, 1.807) is 0 Å². The second kappa shape index (κ2) is 4.86. The maximum atomic E-state index is 11.3. The van der Waals surface area contributed by atoms with Crippen LogP contribution in [0.1, 0.15) is 12.8 Å². The number of anilines is 2. The van der Waals surface area contributed by atoms with Gasteiger partial charge in [-0.05, 0) is 12.8 Å². The van der Waals surface area contributed by atoms with Crippen molar-refractivity contribution in [2.24, 2.45) is 5.92 Å². The Morgan fingerprint density at radius 3 is 3.00 bits per heavy atom. The molecule has 2 rings (SSSR count). The molecule has 0 unspecified atom stereocenters. The summed E-state index contributed by atoms with van der Waals surface area (Å²) in [5, 5.41) is 5.69. The predicted octanol–water partition coefficient (Wildman–Crippen LogP) is -0.710. The Hall–Kier alpha value is -2.05. The molecule has 92 valence electrons. The van der Waals surface area contributed by atoms with Gasteiger partial charge in [-0.2, -0.15) is 0 Å². The van der Waals surface area contributed by atoms with Crippen LogP contribution in [-0.2, 0) is 4.79 Å². The number of carbonyl (C=O) groups is 1.